The smallest absolute Gasteiger partial charge is 0.253 e. The number of benzene rings is 1. The van der Waals surface area contributed by atoms with Crippen molar-refractivity contribution < 1.29 is 13.2 Å². The van der Waals surface area contributed by atoms with Gasteiger partial charge in [0, 0.05) is 24.2 Å². The highest BCUT2D eigenvalue weighted by molar-refractivity contribution is 7.89. The third-order valence-corrected chi connectivity index (χ3v) is 5.92. The van der Waals surface area contributed by atoms with E-state index in [-0.39, 0.29) is 23.2 Å². The van der Waals surface area contributed by atoms with E-state index < -0.39 is 15.6 Å². The fourth-order valence-corrected chi connectivity index (χ4v) is 4.54. The Morgan fingerprint density at radius 2 is 1.85 bits per heavy atom. The lowest BCUT2D eigenvalue weighted by Gasteiger charge is -2.32. The number of piperidine rings is 1. The number of rotatable bonds is 5. The van der Waals surface area contributed by atoms with Crippen LogP contribution in [-0.4, -0.2) is 51.4 Å². The van der Waals surface area contributed by atoms with E-state index in [0.717, 1.165) is 32.5 Å². The van der Waals surface area contributed by atoms with Crippen molar-refractivity contribution >= 4 is 28.3 Å². The molecule has 26 heavy (non-hydrogen) atoms. The third-order valence-electron chi connectivity index (χ3n) is 4.15. The molecule has 1 saturated heterocycles. The van der Waals surface area contributed by atoms with Crippen LogP contribution in [-0.2, 0) is 10.0 Å². The van der Waals surface area contributed by atoms with Crippen LogP contribution in [0.15, 0.2) is 29.2 Å². The van der Waals surface area contributed by atoms with Crippen molar-refractivity contribution in [2.24, 2.45) is 5.92 Å². The van der Waals surface area contributed by atoms with Gasteiger partial charge in [0.05, 0.1) is 4.90 Å². The fourth-order valence-electron chi connectivity index (χ4n) is 3.13. The van der Waals surface area contributed by atoms with Crippen LogP contribution < -0.4 is 10.0 Å². The number of likely N-dealkylation sites (tertiary alicyclic amines) is 1. The summed E-state index contributed by atoms with van der Waals surface area (Å²) in [6, 6.07) is 6.19. The number of nitrogens with zero attached hydrogens (tertiary/aromatic N) is 1. The molecule has 148 valence electrons. The second-order valence-corrected chi connectivity index (χ2v) is 9.38. The molecular formula is C18H30ClN3O3S. The van der Waals surface area contributed by atoms with E-state index in [1.165, 1.54) is 12.1 Å². The fraction of sp³-hybridized carbons (Fsp3) is 0.611. The minimum absolute atomic E-state index is 0. The van der Waals surface area contributed by atoms with Crippen LogP contribution >= 0.6 is 12.4 Å². The van der Waals surface area contributed by atoms with Crippen LogP contribution in [0.25, 0.3) is 0 Å². The third kappa shape index (κ3) is 6.23. The molecule has 0 bridgehead atoms. The highest BCUT2D eigenvalue weighted by atomic mass is 35.5. The van der Waals surface area contributed by atoms with Gasteiger partial charge in [-0.25, -0.2) is 13.1 Å². The van der Waals surface area contributed by atoms with Crippen LogP contribution in [0.1, 0.15) is 44.0 Å². The number of nitrogens with one attached hydrogen (secondary N) is 2. The molecular weight excluding hydrogens is 374 g/mol. The van der Waals surface area contributed by atoms with E-state index >= 15 is 0 Å². The van der Waals surface area contributed by atoms with Gasteiger partial charge in [-0.1, -0.05) is 0 Å². The maximum atomic E-state index is 12.7. The minimum Gasteiger partial charge on any atom is -0.338 e. The Morgan fingerprint density at radius 1 is 1.23 bits per heavy atom. The monoisotopic (exact) mass is 403 g/mol. The number of sulfonamides is 1. The van der Waals surface area contributed by atoms with Gasteiger partial charge in [-0.05, 0) is 77.4 Å². The normalized spacial score (nSPS) is 18.3. The summed E-state index contributed by atoms with van der Waals surface area (Å²) in [4.78, 5) is 14.7. The summed E-state index contributed by atoms with van der Waals surface area (Å²) in [6.45, 7) is 7.77. The first-order chi connectivity index (χ1) is 11.6. The molecule has 1 atom stereocenters. The number of hydrogen-bond acceptors (Lipinski definition) is 4. The lowest BCUT2D eigenvalue weighted by molar-refractivity contribution is 0.0674. The predicted octanol–water partition coefficient (Wildman–Crippen LogP) is 2.26. The zero-order valence-electron chi connectivity index (χ0n) is 15.9. The highest BCUT2D eigenvalue weighted by Gasteiger charge is 2.25. The molecule has 2 N–H and O–H groups in total. The molecule has 6 nitrogen and oxygen atoms in total. The Morgan fingerprint density at radius 3 is 2.38 bits per heavy atom. The molecule has 1 aliphatic rings. The maximum Gasteiger partial charge on any atom is 0.253 e. The van der Waals surface area contributed by atoms with Gasteiger partial charge in [0.25, 0.3) is 5.91 Å². The first-order valence-electron chi connectivity index (χ1n) is 8.70. The van der Waals surface area contributed by atoms with Crippen LogP contribution in [0, 0.1) is 5.92 Å². The van der Waals surface area contributed by atoms with E-state index in [2.05, 4.69) is 10.0 Å². The SMILES string of the molecule is CNCC1CCCN(C(=O)c2ccc(S(=O)(=O)NC(C)(C)C)cc2)C1.Cl. The Labute approximate surface area is 163 Å². The second kappa shape index (κ2) is 9.17. The first-order valence-corrected chi connectivity index (χ1v) is 10.2. The summed E-state index contributed by atoms with van der Waals surface area (Å²) in [5.74, 6) is 0.437. The molecule has 0 aliphatic carbocycles. The lowest BCUT2D eigenvalue weighted by Crippen LogP contribution is -2.42. The zero-order chi connectivity index (χ0) is 18.7. The number of carbonyl (C=O) groups excluding carboxylic acids is 1. The van der Waals surface area contributed by atoms with Crippen molar-refractivity contribution in [3.63, 3.8) is 0 Å². The molecule has 0 saturated carbocycles. The molecule has 1 aromatic carbocycles. The summed E-state index contributed by atoms with van der Waals surface area (Å²) in [7, 11) is -1.66. The maximum absolute atomic E-state index is 12.7. The van der Waals surface area contributed by atoms with Gasteiger partial charge in [0.1, 0.15) is 0 Å². The molecule has 1 aliphatic heterocycles. The van der Waals surface area contributed by atoms with Gasteiger partial charge in [0.2, 0.25) is 10.0 Å². The van der Waals surface area contributed by atoms with Crippen molar-refractivity contribution in [3.8, 4) is 0 Å². The number of hydrogen-bond donors (Lipinski definition) is 2. The highest BCUT2D eigenvalue weighted by Crippen LogP contribution is 2.19. The van der Waals surface area contributed by atoms with Gasteiger partial charge < -0.3 is 10.2 Å². The number of carbonyl (C=O) groups is 1. The Bertz CT molecular complexity index is 697. The van der Waals surface area contributed by atoms with E-state index in [9.17, 15) is 13.2 Å². The average Bonchev–Trinajstić information content (AvgIpc) is 2.53. The van der Waals surface area contributed by atoms with E-state index in [1.807, 2.05) is 11.9 Å². The largest absolute Gasteiger partial charge is 0.338 e. The van der Waals surface area contributed by atoms with E-state index in [1.54, 1.807) is 32.9 Å². The molecule has 0 spiro atoms. The summed E-state index contributed by atoms with van der Waals surface area (Å²) in [5.41, 5.74) is -0.0245. The molecule has 0 aromatic heterocycles. The van der Waals surface area contributed by atoms with Crippen molar-refractivity contribution in [1.82, 2.24) is 14.9 Å². The van der Waals surface area contributed by atoms with E-state index in [4.69, 9.17) is 0 Å². The molecule has 1 heterocycles. The topological polar surface area (TPSA) is 78.5 Å². The Kier molecular flexibility index (Phi) is 8.07. The summed E-state index contributed by atoms with van der Waals surface area (Å²) < 4.78 is 27.3. The van der Waals surface area contributed by atoms with Crippen LogP contribution in [0.5, 0.6) is 0 Å². The van der Waals surface area contributed by atoms with Crippen molar-refractivity contribution in [3.05, 3.63) is 29.8 Å². The average molecular weight is 404 g/mol. The van der Waals surface area contributed by atoms with Crippen LogP contribution in [0.4, 0.5) is 0 Å². The minimum atomic E-state index is -3.58. The first kappa shape index (κ1) is 22.9. The van der Waals surface area contributed by atoms with Crippen molar-refractivity contribution in [2.45, 2.75) is 44.0 Å². The van der Waals surface area contributed by atoms with Gasteiger partial charge in [-0.3, -0.25) is 4.79 Å². The molecule has 8 heteroatoms. The Balaban J connectivity index is 0.00000338. The molecule has 1 aromatic rings. The molecule has 2 rings (SSSR count). The quantitative estimate of drug-likeness (QED) is 0.790. The number of halogens is 1. The van der Waals surface area contributed by atoms with E-state index in [0.29, 0.717) is 11.5 Å². The molecule has 1 amide bonds. The number of amides is 1. The molecule has 1 fully saturated rings. The van der Waals surface area contributed by atoms with Gasteiger partial charge >= 0.3 is 0 Å². The lowest BCUT2D eigenvalue weighted by atomic mass is 9.97. The Hall–Kier alpha value is -1.15. The van der Waals surface area contributed by atoms with Gasteiger partial charge in [-0.15, -0.1) is 12.4 Å². The molecule has 0 radical (unpaired) electrons. The zero-order valence-corrected chi connectivity index (χ0v) is 17.5. The van der Waals surface area contributed by atoms with Crippen LogP contribution in [0.3, 0.4) is 0 Å². The van der Waals surface area contributed by atoms with Crippen LogP contribution in [0.2, 0.25) is 0 Å². The summed E-state index contributed by atoms with van der Waals surface area (Å²) >= 11 is 0. The van der Waals surface area contributed by atoms with Crippen molar-refractivity contribution in [1.29, 1.82) is 0 Å². The molecule has 1 unspecified atom stereocenters. The standard InChI is InChI=1S/C18H29N3O3S.ClH/c1-18(2,3)20-25(23,24)16-9-7-15(8-10-16)17(22)21-11-5-6-14(13-21)12-19-4;/h7-10,14,19-20H,5-6,11-13H2,1-4H3;1H. The predicted molar refractivity (Wildman–Crippen MR) is 106 cm³/mol. The van der Waals surface area contributed by atoms with Crippen molar-refractivity contribution in [2.75, 3.05) is 26.7 Å². The summed E-state index contributed by atoms with van der Waals surface area (Å²) in [5, 5.41) is 3.17. The van der Waals surface area contributed by atoms with Gasteiger partial charge in [-0.2, -0.15) is 0 Å². The van der Waals surface area contributed by atoms with Gasteiger partial charge in [0.15, 0.2) is 0 Å². The second-order valence-electron chi connectivity index (χ2n) is 7.70. The summed E-state index contributed by atoms with van der Waals surface area (Å²) in [6.07, 6.45) is 2.13.